The lowest BCUT2D eigenvalue weighted by Crippen LogP contribution is -2.31. The highest BCUT2D eigenvalue weighted by atomic mass is 16.6. The first-order valence-corrected chi connectivity index (χ1v) is 8.82. The molecular weight excluding hydrogens is 358 g/mol. The van der Waals surface area contributed by atoms with Gasteiger partial charge in [-0.2, -0.15) is 0 Å². The zero-order valence-corrected chi connectivity index (χ0v) is 15.7. The lowest BCUT2D eigenvalue weighted by atomic mass is 10.1. The van der Waals surface area contributed by atoms with Gasteiger partial charge in [0.1, 0.15) is 11.5 Å². The second-order valence-electron chi connectivity index (χ2n) is 6.11. The molecule has 0 radical (unpaired) electrons. The van der Waals surface area contributed by atoms with Crippen LogP contribution in [0.15, 0.2) is 66.7 Å². The zero-order chi connectivity index (χ0) is 19.9. The van der Waals surface area contributed by atoms with E-state index < -0.39 is 18.0 Å². The number of hydrogen-bond donors (Lipinski definition) is 1. The molecule has 6 nitrogen and oxygen atoms in total. The molecule has 0 saturated heterocycles. The van der Waals surface area contributed by atoms with E-state index in [1.807, 2.05) is 42.5 Å². The summed E-state index contributed by atoms with van der Waals surface area (Å²) in [5.41, 5.74) is 0.667. The predicted molar refractivity (Wildman–Crippen MR) is 107 cm³/mol. The lowest BCUT2D eigenvalue weighted by Gasteiger charge is -2.15. The number of amides is 1. The molecule has 1 N–H and O–H groups in total. The van der Waals surface area contributed by atoms with E-state index >= 15 is 0 Å². The molecule has 0 heterocycles. The van der Waals surface area contributed by atoms with E-state index in [-0.39, 0.29) is 6.61 Å². The highest BCUT2D eigenvalue weighted by Gasteiger charge is 2.19. The Morgan fingerprint density at radius 2 is 1.61 bits per heavy atom. The van der Waals surface area contributed by atoms with Crippen molar-refractivity contribution in [1.82, 2.24) is 0 Å². The minimum absolute atomic E-state index is 0.293. The fraction of sp³-hybridized carbons (Fsp3) is 0.182. The van der Waals surface area contributed by atoms with E-state index in [1.165, 1.54) is 6.92 Å². The molecule has 1 atom stereocenters. The van der Waals surface area contributed by atoms with Crippen molar-refractivity contribution in [2.75, 3.05) is 19.0 Å². The van der Waals surface area contributed by atoms with E-state index in [1.54, 1.807) is 31.4 Å². The van der Waals surface area contributed by atoms with Gasteiger partial charge in [0.25, 0.3) is 5.91 Å². The first-order chi connectivity index (χ1) is 13.6. The van der Waals surface area contributed by atoms with Gasteiger partial charge in [-0.15, -0.1) is 0 Å². The molecule has 0 bridgehead atoms. The molecule has 0 aliphatic heterocycles. The topological polar surface area (TPSA) is 73.9 Å². The molecule has 144 valence electrons. The molecule has 1 amide bonds. The van der Waals surface area contributed by atoms with Crippen molar-refractivity contribution in [1.29, 1.82) is 0 Å². The van der Waals surface area contributed by atoms with E-state index in [4.69, 9.17) is 14.2 Å². The van der Waals surface area contributed by atoms with Crippen LogP contribution < -0.4 is 14.8 Å². The molecule has 0 aromatic heterocycles. The van der Waals surface area contributed by atoms with Crippen LogP contribution in [0.2, 0.25) is 0 Å². The monoisotopic (exact) mass is 379 g/mol. The number of methoxy groups -OCH3 is 1. The minimum atomic E-state index is -0.953. The second-order valence-corrected chi connectivity index (χ2v) is 6.11. The van der Waals surface area contributed by atoms with Gasteiger partial charge < -0.3 is 19.5 Å². The molecule has 6 heteroatoms. The van der Waals surface area contributed by atoms with E-state index in [9.17, 15) is 9.59 Å². The van der Waals surface area contributed by atoms with E-state index in [0.717, 1.165) is 10.8 Å². The number of hydrogen-bond acceptors (Lipinski definition) is 5. The van der Waals surface area contributed by atoms with Gasteiger partial charge in [-0.1, -0.05) is 36.4 Å². The van der Waals surface area contributed by atoms with Crippen LogP contribution in [0.3, 0.4) is 0 Å². The largest absolute Gasteiger partial charge is 0.497 e. The number of carbonyl (C=O) groups excluding carboxylic acids is 2. The Hall–Kier alpha value is -3.54. The van der Waals surface area contributed by atoms with Crippen LogP contribution >= 0.6 is 0 Å². The summed E-state index contributed by atoms with van der Waals surface area (Å²) in [6, 6.07) is 20.2. The van der Waals surface area contributed by atoms with Gasteiger partial charge in [-0.25, -0.2) is 4.79 Å². The lowest BCUT2D eigenvalue weighted by molar-refractivity contribution is -0.155. The van der Waals surface area contributed by atoms with Crippen LogP contribution in [0.25, 0.3) is 10.8 Å². The molecule has 3 aromatic rings. The van der Waals surface area contributed by atoms with Gasteiger partial charge in [0.15, 0.2) is 12.7 Å². The smallest absolute Gasteiger partial charge is 0.344 e. The normalized spacial score (nSPS) is 11.5. The summed E-state index contributed by atoms with van der Waals surface area (Å²) in [6.07, 6.45) is -0.953. The number of anilines is 1. The third kappa shape index (κ3) is 4.79. The number of nitrogens with one attached hydrogen (secondary N) is 1. The summed E-state index contributed by atoms with van der Waals surface area (Å²) < 4.78 is 15.6. The zero-order valence-electron chi connectivity index (χ0n) is 15.7. The maximum atomic E-state index is 12.4. The summed E-state index contributed by atoms with van der Waals surface area (Å²) in [5, 5.41) is 4.73. The molecule has 3 rings (SSSR count). The first-order valence-electron chi connectivity index (χ1n) is 8.82. The predicted octanol–water partition coefficient (Wildman–Crippen LogP) is 3.80. The summed E-state index contributed by atoms with van der Waals surface area (Å²) in [4.78, 5) is 24.4. The molecule has 0 saturated carbocycles. The summed E-state index contributed by atoms with van der Waals surface area (Å²) in [6.45, 7) is 1.23. The molecule has 0 fully saturated rings. The quantitative estimate of drug-likeness (QED) is 0.632. The standard InChI is InChI=1S/C22H21NO5/c1-15(28-21(24)14-27-18-12-10-17(26-2)11-13-18)22(25)23-20-9-5-7-16-6-3-4-8-19(16)20/h3-13,15H,14H2,1-2H3,(H,23,25). The molecule has 3 aromatic carbocycles. The maximum Gasteiger partial charge on any atom is 0.344 e. The fourth-order valence-electron chi connectivity index (χ4n) is 2.67. The Morgan fingerprint density at radius 1 is 0.929 bits per heavy atom. The fourth-order valence-corrected chi connectivity index (χ4v) is 2.67. The molecular formula is C22H21NO5. The van der Waals surface area contributed by atoms with Crippen molar-refractivity contribution in [3.05, 3.63) is 66.7 Å². The van der Waals surface area contributed by atoms with Gasteiger partial charge >= 0.3 is 5.97 Å². The van der Waals surface area contributed by atoms with Gasteiger partial charge in [0.2, 0.25) is 0 Å². The van der Waals surface area contributed by atoms with Crippen LogP contribution in [0.1, 0.15) is 6.92 Å². The summed E-state index contributed by atoms with van der Waals surface area (Å²) >= 11 is 0. The van der Waals surface area contributed by atoms with Crippen molar-refractivity contribution in [2.45, 2.75) is 13.0 Å². The van der Waals surface area contributed by atoms with Crippen molar-refractivity contribution in [3.8, 4) is 11.5 Å². The minimum Gasteiger partial charge on any atom is -0.497 e. The third-order valence-electron chi connectivity index (χ3n) is 4.14. The second kappa shape index (κ2) is 8.90. The van der Waals surface area contributed by atoms with Crippen molar-refractivity contribution in [3.63, 3.8) is 0 Å². The number of fused-ring (bicyclic) bond motifs is 1. The van der Waals surface area contributed by atoms with Gasteiger partial charge in [-0.05, 0) is 42.6 Å². The van der Waals surface area contributed by atoms with Crippen LogP contribution in [0, 0.1) is 0 Å². The number of carbonyl (C=O) groups is 2. The Bertz CT molecular complexity index is 963. The van der Waals surface area contributed by atoms with Gasteiger partial charge in [0, 0.05) is 11.1 Å². The summed E-state index contributed by atoms with van der Waals surface area (Å²) in [5.74, 6) is 0.157. The van der Waals surface area contributed by atoms with Crippen LogP contribution in [0.5, 0.6) is 11.5 Å². The molecule has 0 aliphatic carbocycles. The highest BCUT2D eigenvalue weighted by Crippen LogP contribution is 2.23. The number of esters is 1. The number of benzene rings is 3. The highest BCUT2D eigenvalue weighted by molar-refractivity contribution is 6.03. The first kappa shape index (κ1) is 19.2. The van der Waals surface area contributed by atoms with E-state index in [2.05, 4.69) is 5.32 Å². The third-order valence-corrected chi connectivity index (χ3v) is 4.14. The van der Waals surface area contributed by atoms with Crippen LogP contribution in [-0.4, -0.2) is 31.7 Å². The van der Waals surface area contributed by atoms with Crippen molar-refractivity contribution < 1.29 is 23.8 Å². The van der Waals surface area contributed by atoms with Gasteiger partial charge in [-0.3, -0.25) is 4.79 Å². The Balaban J connectivity index is 1.53. The maximum absolute atomic E-state index is 12.4. The van der Waals surface area contributed by atoms with Gasteiger partial charge in [0.05, 0.1) is 7.11 Å². The van der Waals surface area contributed by atoms with Crippen LogP contribution in [-0.2, 0) is 14.3 Å². The SMILES string of the molecule is COc1ccc(OCC(=O)OC(C)C(=O)Nc2cccc3ccccc23)cc1. The number of rotatable bonds is 7. The Morgan fingerprint density at radius 3 is 2.36 bits per heavy atom. The average molecular weight is 379 g/mol. The van der Waals surface area contributed by atoms with Crippen molar-refractivity contribution in [2.24, 2.45) is 0 Å². The van der Waals surface area contributed by atoms with Crippen LogP contribution in [0.4, 0.5) is 5.69 Å². The molecule has 0 spiro atoms. The molecule has 0 aliphatic rings. The average Bonchev–Trinajstić information content (AvgIpc) is 2.73. The van der Waals surface area contributed by atoms with Crippen molar-refractivity contribution >= 4 is 28.3 Å². The Labute approximate surface area is 163 Å². The molecule has 1 unspecified atom stereocenters. The Kier molecular flexibility index (Phi) is 6.11. The number of ether oxygens (including phenoxy) is 3. The summed E-state index contributed by atoms with van der Waals surface area (Å²) in [7, 11) is 1.57. The molecule has 28 heavy (non-hydrogen) atoms. The van der Waals surface area contributed by atoms with E-state index in [0.29, 0.717) is 17.2 Å².